The van der Waals surface area contributed by atoms with Gasteiger partial charge in [-0.05, 0) is 38.5 Å². The van der Waals surface area contributed by atoms with Crippen LogP contribution in [0.15, 0.2) is 11.6 Å². The van der Waals surface area contributed by atoms with E-state index >= 15 is 0 Å². The highest BCUT2D eigenvalue weighted by Crippen LogP contribution is 2.35. The van der Waals surface area contributed by atoms with Crippen LogP contribution >= 0.6 is 0 Å². The molecule has 0 heterocycles. The molecule has 2 aliphatic rings. The molecular weight excluding hydrogens is 202 g/mol. The molecule has 0 aliphatic heterocycles. The first-order valence-corrected chi connectivity index (χ1v) is 6.33. The van der Waals surface area contributed by atoms with Gasteiger partial charge in [0.05, 0.1) is 12.1 Å². The van der Waals surface area contributed by atoms with Gasteiger partial charge in [-0.1, -0.05) is 18.4 Å². The van der Waals surface area contributed by atoms with Crippen LogP contribution < -0.4 is 5.32 Å². The second-order valence-corrected chi connectivity index (χ2v) is 5.13. The van der Waals surface area contributed by atoms with Crippen molar-refractivity contribution in [3.8, 4) is 0 Å². The van der Waals surface area contributed by atoms with E-state index < -0.39 is 0 Å². The van der Waals surface area contributed by atoms with Crippen LogP contribution in [0, 0.1) is 5.92 Å². The second kappa shape index (κ2) is 5.00. The van der Waals surface area contributed by atoms with Crippen LogP contribution in [0.2, 0.25) is 0 Å². The molecular formula is C13H21NO2. The molecule has 0 aromatic rings. The molecule has 2 N–H and O–H groups in total. The zero-order chi connectivity index (χ0) is 11.5. The molecule has 0 bridgehead atoms. The fraction of sp³-hybridized carbons (Fsp3) is 0.769. The molecule has 0 aromatic heterocycles. The van der Waals surface area contributed by atoms with E-state index in [4.69, 9.17) is 0 Å². The minimum atomic E-state index is -0.354. The highest BCUT2D eigenvalue weighted by molar-refractivity contribution is 5.88. The number of hydrogen-bond acceptors (Lipinski definition) is 2. The quantitative estimate of drug-likeness (QED) is 0.716. The zero-order valence-electron chi connectivity index (χ0n) is 9.91. The summed E-state index contributed by atoms with van der Waals surface area (Å²) in [5, 5.41) is 12.7. The summed E-state index contributed by atoms with van der Waals surface area (Å²) in [6, 6.07) is -0.0375. The van der Waals surface area contributed by atoms with Gasteiger partial charge in [0, 0.05) is 6.08 Å². The number of aliphatic hydroxyl groups is 1. The van der Waals surface area contributed by atoms with Crippen LogP contribution in [-0.4, -0.2) is 23.2 Å². The summed E-state index contributed by atoms with van der Waals surface area (Å²) in [6.07, 6.45) is 7.70. The SMILES string of the molecule is C/C(=C\C(=O)N[C@@H]1CCCC[C@@H]1O)C1CC1. The Morgan fingerprint density at radius 2 is 1.94 bits per heavy atom. The van der Waals surface area contributed by atoms with Crippen molar-refractivity contribution >= 4 is 5.91 Å². The molecule has 0 aromatic carbocycles. The maximum atomic E-state index is 11.7. The lowest BCUT2D eigenvalue weighted by atomic mass is 9.92. The van der Waals surface area contributed by atoms with E-state index in [1.165, 1.54) is 18.4 Å². The van der Waals surface area contributed by atoms with E-state index in [-0.39, 0.29) is 18.1 Å². The summed E-state index contributed by atoms with van der Waals surface area (Å²) in [5.74, 6) is 0.609. The maximum absolute atomic E-state index is 11.7. The van der Waals surface area contributed by atoms with Crippen molar-refractivity contribution in [3.63, 3.8) is 0 Å². The average molecular weight is 223 g/mol. The van der Waals surface area contributed by atoms with Crippen molar-refractivity contribution in [2.45, 2.75) is 57.6 Å². The molecule has 2 saturated carbocycles. The zero-order valence-corrected chi connectivity index (χ0v) is 9.91. The largest absolute Gasteiger partial charge is 0.391 e. The van der Waals surface area contributed by atoms with Gasteiger partial charge in [-0.3, -0.25) is 4.79 Å². The summed E-state index contributed by atoms with van der Waals surface area (Å²) in [7, 11) is 0. The number of carbonyl (C=O) groups is 1. The van der Waals surface area contributed by atoms with Gasteiger partial charge in [0.2, 0.25) is 5.91 Å². The number of aliphatic hydroxyl groups excluding tert-OH is 1. The standard InChI is InChI=1S/C13H21NO2/c1-9(10-6-7-10)8-13(16)14-11-4-2-3-5-12(11)15/h8,10-12,15H,2-7H2,1H3,(H,14,16)/b9-8+/t11-,12+/m1/s1. The van der Waals surface area contributed by atoms with E-state index in [1.54, 1.807) is 6.08 Å². The maximum Gasteiger partial charge on any atom is 0.244 e. The van der Waals surface area contributed by atoms with E-state index in [9.17, 15) is 9.90 Å². The summed E-state index contributed by atoms with van der Waals surface area (Å²) in [6.45, 7) is 2.02. The number of nitrogens with one attached hydrogen (secondary N) is 1. The van der Waals surface area contributed by atoms with Gasteiger partial charge in [-0.15, -0.1) is 0 Å². The van der Waals surface area contributed by atoms with Gasteiger partial charge in [0.15, 0.2) is 0 Å². The van der Waals surface area contributed by atoms with Crippen molar-refractivity contribution in [1.82, 2.24) is 5.32 Å². The smallest absolute Gasteiger partial charge is 0.244 e. The third kappa shape index (κ3) is 3.08. The Balaban J connectivity index is 1.83. The monoisotopic (exact) mass is 223 g/mol. The van der Waals surface area contributed by atoms with Crippen molar-refractivity contribution in [2.75, 3.05) is 0 Å². The fourth-order valence-electron chi connectivity index (χ4n) is 2.37. The first-order valence-electron chi connectivity index (χ1n) is 6.33. The molecule has 16 heavy (non-hydrogen) atoms. The lowest BCUT2D eigenvalue weighted by Gasteiger charge is -2.27. The van der Waals surface area contributed by atoms with Gasteiger partial charge in [0.25, 0.3) is 0 Å². The fourth-order valence-corrected chi connectivity index (χ4v) is 2.37. The van der Waals surface area contributed by atoms with E-state index in [2.05, 4.69) is 5.32 Å². The Hall–Kier alpha value is -0.830. The number of rotatable bonds is 3. The highest BCUT2D eigenvalue weighted by Gasteiger charge is 2.26. The Morgan fingerprint density at radius 1 is 1.25 bits per heavy atom. The predicted molar refractivity (Wildman–Crippen MR) is 62.9 cm³/mol. The van der Waals surface area contributed by atoms with Gasteiger partial charge < -0.3 is 10.4 Å². The number of hydrogen-bond donors (Lipinski definition) is 2. The molecule has 3 nitrogen and oxygen atoms in total. The summed E-state index contributed by atoms with van der Waals surface area (Å²) >= 11 is 0. The topological polar surface area (TPSA) is 49.3 Å². The van der Waals surface area contributed by atoms with Crippen molar-refractivity contribution in [2.24, 2.45) is 5.92 Å². The highest BCUT2D eigenvalue weighted by atomic mass is 16.3. The average Bonchev–Trinajstić information content (AvgIpc) is 3.04. The molecule has 0 saturated heterocycles. The van der Waals surface area contributed by atoms with Crippen LogP contribution in [0.5, 0.6) is 0 Å². The van der Waals surface area contributed by atoms with Gasteiger partial charge >= 0.3 is 0 Å². The molecule has 0 radical (unpaired) electrons. The third-order valence-corrected chi connectivity index (χ3v) is 3.64. The predicted octanol–water partition coefficient (Wildman–Crippen LogP) is 1.76. The minimum Gasteiger partial charge on any atom is -0.391 e. The number of allylic oxidation sites excluding steroid dienone is 1. The third-order valence-electron chi connectivity index (χ3n) is 3.64. The van der Waals surface area contributed by atoms with Crippen LogP contribution in [0.3, 0.4) is 0 Å². The van der Waals surface area contributed by atoms with Crippen molar-refractivity contribution in [1.29, 1.82) is 0 Å². The molecule has 0 spiro atoms. The molecule has 2 fully saturated rings. The summed E-state index contributed by atoms with van der Waals surface area (Å²) in [5.41, 5.74) is 1.18. The molecule has 1 amide bonds. The van der Waals surface area contributed by atoms with Crippen LogP contribution in [0.1, 0.15) is 45.4 Å². The normalized spacial score (nSPS) is 31.2. The molecule has 0 unspecified atom stereocenters. The Kier molecular flexibility index (Phi) is 3.64. The lowest BCUT2D eigenvalue weighted by molar-refractivity contribution is -0.118. The van der Waals surface area contributed by atoms with Crippen molar-refractivity contribution in [3.05, 3.63) is 11.6 Å². The molecule has 2 rings (SSSR count). The number of carbonyl (C=O) groups excluding carboxylic acids is 1. The van der Waals surface area contributed by atoms with E-state index in [1.807, 2.05) is 6.92 Å². The van der Waals surface area contributed by atoms with Crippen LogP contribution in [-0.2, 0) is 4.79 Å². The van der Waals surface area contributed by atoms with Crippen molar-refractivity contribution < 1.29 is 9.90 Å². The molecule has 3 heteroatoms. The summed E-state index contributed by atoms with van der Waals surface area (Å²) in [4.78, 5) is 11.7. The molecule has 2 atom stereocenters. The Bertz CT molecular complexity index is 294. The molecule has 2 aliphatic carbocycles. The number of amides is 1. The van der Waals surface area contributed by atoms with Gasteiger partial charge in [-0.25, -0.2) is 0 Å². The first-order chi connectivity index (χ1) is 7.66. The minimum absolute atomic E-state index is 0.0321. The molecule has 90 valence electrons. The Morgan fingerprint density at radius 3 is 2.56 bits per heavy atom. The van der Waals surface area contributed by atoms with E-state index in [0.29, 0.717) is 5.92 Å². The van der Waals surface area contributed by atoms with Crippen LogP contribution in [0.4, 0.5) is 0 Å². The lowest BCUT2D eigenvalue weighted by Crippen LogP contribution is -2.44. The van der Waals surface area contributed by atoms with Gasteiger partial charge in [0.1, 0.15) is 0 Å². The Labute approximate surface area is 96.9 Å². The van der Waals surface area contributed by atoms with Crippen LogP contribution in [0.25, 0.3) is 0 Å². The van der Waals surface area contributed by atoms with Gasteiger partial charge in [-0.2, -0.15) is 0 Å². The second-order valence-electron chi connectivity index (χ2n) is 5.13. The summed E-state index contributed by atoms with van der Waals surface area (Å²) < 4.78 is 0. The first kappa shape index (κ1) is 11.6. The van der Waals surface area contributed by atoms with E-state index in [0.717, 1.165) is 25.7 Å².